The van der Waals surface area contributed by atoms with Crippen LogP contribution in [-0.2, 0) is 4.74 Å². The summed E-state index contributed by atoms with van der Waals surface area (Å²) in [6.07, 6.45) is 5.29. The summed E-state index contributed by atoms with van der Waals surface area (Å²) < 4.78 is 19.4. The number of nitrogens with one attached hydrogen (secondary N) is 2. The van der Waals surface area contributed by atoms with E-state index in [9.17, 15) is 9.65 Å². The van der Waals surface area contributed by atoms with E-state index in [0.29, 0.717) is 51.8 Å². The molecule has 6 N–H and O–H groups in total. The topological polar surface area (TPSA) is 128 Å². The van der Waals surface area contributed by atoms with Gasteiger partial charge in [0.25, 0.3) is 0 Å². The van der Waals surface area contributed by atoms with Gasteiger partial charge in [-0.1, -0.05) is 54.1 Å². The second-order valence-corrected chi connectivity index (χ2v) is 11.9. The van der Waals surface area contributed by atoms with Crippen LogP contribution in [0.5, 0.6) is 0 Å². The Labute approximate surface area is 267 Å². The summed E-state index contributed by atoms with van der Waals surface area (Å²) in [4.78, 5) is 6.90. The quantitative estimate of drug-likeness (QED) is 0.123. The summed E-state index contributed by atoms with van der Waals surface area (Å²) in [6.45, 7) is 3.74. The molecule has 11 heteroatoms. The van der Waals surface area contributed by atoms with E-state index in [2.05, 4.69) is 38.7 Å². The molecule has 1 aromatic heterocycles. The van der Waals surface area contributed by atoms with Crippen LogP contribution in [0.15, 0.2) is 84.8 Å². The molecule has 3 aromatic carbocycles. The maximum absolute atomic E-state index is 13.9. The van der Waals surface area contributed by atoms with Crippen molar-refractivity contribution in [3.8, 4) is 6.07 Å². The minimum atomic E-state index is -0.536. The van der Waals surface area contributed by atoms with Crippen molar-refractivity contribution < 1.29 is 9.13 Å². The van der Waals surface area contributed by atoms with Crippen LogP contribution in [-0.4, -0.2) is 53.8 Å². The van der Waals surface area contributed by atoms with E-state index in [1.807, 2.05) is 24.3 Å². The molecule has 1 unspecified atom stereocenters. The number of nitrogens with zero attached hydrogens (tertiary/aromatic N) is 4. The molecule has 0 bridgehead atoms. The number of pyridine rings is 1. The van der Waals surface area contributed by atoms with Crippen molar-refractivity contribution >= 4 is 33.9 Å². The van der Waals surface area contributed by atoms with Gasteiger partial charge in [-0.25, -0.2) is 10.2 Å². The highest BCUT2D eigenvalue weighted by Crippen LogP contribution is 2.37. The smallest absolute Gasteiger partial charge is 0.123 e. The molecular formula is C34H36ClFN8O. The fraction of sp³-hybridized carbons (Fsp3) is 0.294. The van der Waals surface area contributed by atoms with Crippen LogP contribution in [0.4, 0.5) is 15.8 Å². The molecular weight excluding hydrogens is 591 g/mol. The van der Waals surface area contributed by atoms with E-state index in [0.717, 1.165) is 43.6 Å². The molecule has 0 radical (unpaired) electrons. The summed E-state index contributed by atoms with van der Waals surface area (Å²) in [5, 5.41) is 20.1. The van der Waals surface area contributed by atoms with Crippen molar-refractivity contribution in [1.82, 2.24) is 14.9 Å². The van der Waals surface area contributed by atoms with E-state index >= 15 is 0 Å². The van der Waals surface area contributed by atoms with Gasteiger partial charge >= 0.3 is 0 Å². The third kappa shape index (κ3) is 7.30. The van der Waals surface area contributed by atoms with Gasteiger partial charge in [0.05, 0.1) is 52.8 Å². The Bertz CT molecular complexity index is 1700. The van der Waals surface area contributed by atoms with Crippen molar-refractivity contribution in [2.45, 2.75) is 31.0 Å². The molecule has 0 amide bonds. The predicted octanol–water partition coefficient (Wildman–Crippen LogP) is 5.68. The molecule has 4 aromatic rings. The molecule has 2 heterocycles. The second-order valence-electron chi connectivity index (χ2n) is 11.5. The van der Waals surface area contributed by atoms with Gasteiger partial charge in [0.1, 0.15) is 11.9 Å². The number of anilines is 2. The van der Waals surface area contributed by atoms with Crippen LogP contribution >= 0.6 is 11.6 Å². The van der Waals surface area contributed by atoms with Gasteiger partial charge in [0, 0.05) is 49.1 Å². The monoisotopic (exact) mass is 626 g/mol. The van der Waals surface area contributed by atoms with Crippen LogP contribution < -0.4 is 22.2 Å². The molecule has 9 nitrogen and oxygen atoms in total. The van der Waals surface area contributed by atoms with Crippen molar-refractivity contribution in [2.75, 3.05) is 43.5 Å². The van der Waals surface area contributed by atoms with Crippen LogP contribution in [0, 0.1) is 17.1 Å². The van der Waals surface area contributed by atoms with Crippen LogP contribution in [0.2, 0.25) is 5.02 Å². The highest BCUT2D eigenvalue weighted by Gasteiger charge is 2.27. The Balaban J connectivity index is 1.39. The Morgan fingerprint density at radius 2 is 1.84 bits per heavy atom. The first-order valence-corrected chi connectivity index (χ1v) is 15.4. The van der Waals surface area contributed by atoms with Gasteiger partial charge in [-0.15, -0.1) is 0 Å². The molecule has 6 rings (SSSR count). The molecule has 2 atom stereocenters. The zero-order valence-corrected chi connectivity index (χ0v) is 25.6. The highest BCUT2D eigenvalue weighted by molar-refractivity contribution is 6.35. The number of aromatic nitrogens is 1. The number of nitrogens with two attached hydrogens (primary N) is 2. The maximum Gasteiger partial charge on any atom is 0.123 e. The first kappa shape index (κ1) is 30.6. The second kappa shape index (κ2) is 13.7. The fourth-order valence-electron chi connectivity index (χ4n) is 5.62. The molecule has 232 valence electrons. The standard InChI is InChI=1S/C34H36ClFN8O/c35-29-17-26(41-33(23-6-8-25(36)9-7-23)30(38)20-44(39)27-10-11-27)16-28-32(24(18-37)19-40-34(28)29)42-31(22-4-2-1-3-5-22)21-43-12-14-45-15-13-43/h1-9,16-17,19-20,27,31,33,41H,10-15,21,38-39H2,(H,40,42)/b30-20-/t31?,33-/m0/s1. The van der Waals surface area contributed by atoms with E-state index < -0.39 is 6.04 Å². The third-order valence-corrected chi connectivity index (χ3v) is 8.51. The molecule has 1 saturated heterocycles. The Hall–Kier alpha value is -4.40. The number of fused-ring (bicyclic) bond motifs is 1. The molecule has 1 saturated carbocycles. The first-order chi connectivity index (χ1) is 21.9. The SMILES string of the molecule is N#Cc1cnc2c(Cl)cc(N[C@H](/C(N)=C/N(N)C3CC3)c3ccc(F)cc3)cc2c1NC(CN1CCOCC1)c1ccccc1. The Morgan fingerprint density at radius 1 is 1.11 bits per heavy atom. The molecule has 0 spiro atoms. The number of nitriles is 1. The van der Waals surface area contributed by atoms with Gasteiger partial charge in [-0.3, -0.25) is 9.88 Å². The van der Waals surface area contributed by atoms with Gasteiger partial charge in [-0.05, 0) is 48.2 Å². The van der Waals surface area contributed by atoms with Crippen LogP contribution in [0.25, 0.3) is 10.9 Å². The number of ether oxygens (including phenoxy) is 1. The first-order valence-electron chi connectivity index (χ1n) is 15.1. The van der Waals surface area contributed by atoms with Crippen LogP contribution in [0.3, 0.4) is 0 Å². The number of halogens is 2. The summed E-state index contributed by atoms with van der Waals surface area (Å²) >= 11 is 6.84. The normalized spacial score (nSPS) is 17.0. The molecule has 45 heavy (non-hydrogen) atoms. The zero-order valence-electron chi connectivity index (χ0n) is 24.8. The lowest BCUT2D eigenvalue weighted by atomic mass is 10.0. The molecule has 1 aliphatic heterocycles. The highest BCUT2D eigenvalue weighted by atomic mass is 35.5. The lowest BCUT2D eigenvalue weighted by Crippen LogP contribution is -2.40. The number of hydrogen-bond donors (Lipinski definition) is 4. The molecule has 2 fully saturated rings. The minimum Gasteiger partial charge on any atom is -0.399 e. The third-order valence-electron chi connectivity index (χ3n) is 8.22. The van der Waals surface area contributed by atoms with Gasteiger partial charge < -0.3 is 26.1 Å². The number of hydrogen-bond acceptors (Lipinski definition) is 9. The van der Waals surface area contributed by atoms with Gasteiger partial charge in [0.15, 0.2) is 0 Å². The van der Waals surface area contributed by atoms with E-state index in [1.54, 1.807) is 35.6 Å². The number of hydrazine groups is 1. The van der Waals surface area contributed by atoms with E-state index in [4.69, 9.17) is 27.9 Å². The minimum absolute atomic E-state index is 0.124. The van der Waals surface area contributed by atoms with Crippen molar-refractivity contribution in [1.29, 1.82) is 5.26 Å². The maximum atomic E-state index is 13.9. The van der Waals surface area contributed by atoms with E-state index in [1.165, 1.54) is 12.1 Å². The number of morpholine rings is 1. The summed E-state index contributed by atoms with van der Waals surface area (Å²) in [6, 6.07) is 21.9. The van der Waals surface area contributed by atoms with Crippen molar-refractivity contribution in [3.05, 3.63) is 112 Å². The summed E-state index contributed by atoms with van der Waals surface area (Å²) in [5.41, 5.74) is 11.2. The summed E-state index contributed by atoms with van der Waals surface area (Å²) in [7, 11) is 0. The Morgan fingerprint density at radius 3 is 2.53 bits per heavy atom. The number of rotatable bonds is 11. The number of benzene rings is 3. The average molecular weight is 627 g/mol. The average Bonchev–Trinajstić information content (AvgIpc) is 3.91. The van der Waals surface area contributed by atoms with Crippen molar-refractivity contribution in [2.24, 2.45) is 11.6 Å². The van der Waals surface area contributed by atoms with Gasteiger partial charge in [-0.2, -0.15) is 5.26 Å². The van der Waals surface area contributed by atoms with E-state index in [-0.39, 0.29) is 17.9 Å². The van der Waals surface area contributed by atoms with Crippen LogP contribution in [0.1, 0.15) is 41.6 Å². The Kier molecular flexibility index (Phi) is 9.33. The largest absolute Gasteiger partial charge is 0.399 e. The summed E-state index contributed by atoms with van der Waals surface area (Å²) in [5.74, 6) is 5.89. The predicted molar refractivity (Wildman–Crippen MR) is 176 cm³/mol. The lowest BCUT2D eigenvalue weighted by Gasteiger charge is -2.32. The zero-order chi connectivity index (χ0) is 31.3. The van der Waals surface area contributed by atoms with Crippen molar-refractivity contribution in [3.63, 3.8) is 0 Å². The molecule has 2 aliphatic rings. The van der Waals surface area contributed by atoms with Gasteiger partial charge in [0.2, 0.25) is 0 Å². The molecule has 1 aliphatic carbocycles. The fourth-order valence-corrected chi connectivity index (χ4v) is 5.89. The lowest BCUT2D eigenvalue weighted by molar-refractivity contribution is 0.0361.